The van der Waals surface area contributed by atoms with Crippen molar-refractivity contribution in [2.75, 3.05) is 12.4 Å². The van der Waals surface area contributed by atoms with E-state index in [0.29, 0.717) is 6.54 Å². The number of methoxy groups -OCH3 is 1. The van der Waals surface area contributed by atoms with Gasteiger partial charge < -0.3 is 14.5 Å². The van der Waals surface area contributed by atoms with Gasteiger partial charge in [0, 0.05) is 24.1 Å². The van der Waals surface area contributed by atoms with E-state index >= 15 is 0 Å². The van der Waals surface area contributed by atoms with Crippen molar-refractivity contribution >= 4 is 27.3 Å². The standard InChI is InChI=1S/C15H14BrN3O/c1-20-14-8-11(5-6-13(14)16)17-9-12-10-19-7-3-2-4-15(19)18-12/h2-8,10,17H,9H2,1H3. The number of hydrogen-bond acceptors (Lipinski definition) is 3. The number of pyridine rings is 1. The molecule has 0 amide bonds. The Labute approximate surface area is 125 Å². The predicted molar refractivity (Wildman–Crippen MR) is 83.2 cm³/mol. The van der Waals surface area contributed by atoms with Crippen LogP contribution in [-0.2, 0) is 6.54 Å². The molecule has 0 bridgehead atoms. The van der Waals surface area contributed by atoms with Crippen LogP contribution in [0.15, 0.2) is 53.3 Å². The van der Waals surface area contributed by atoms with Crippen molar-refractivity contribution in [1.29, 1.82) is 0 Å². The maximum absolute atomic E-state index is 5.28. The maximum atomic E-state index is 5.28. The SMILES string of the molecule is COc1cc(NCc2cn3ccccc3n2)ccc1Br. The summed E-state index contributed by atoms with van der Waals surface area (Å²) in [5.41, 5.74) is 2.96. The van der Waals surface area contributed by atoms with Gasteiger partial charge in [0.15, 0.2) is 0 Å². The molecule has 3 aromatic rings. The summed E-state index contributed by atoms with van der Waals surface area (Å²) in [6.07, 6.45) is 4.02. The molecule has 3 rings (SSSR count). The van der Waals surface area contributed by atoms with Gasteiger partial charge >= 0.3 is 0 Å². The number of rotatable bonds is 4. The number of nitrogens with one attached hydrogen (secondary N) is 1. The van der Waals surface area contributed by atoms with Gasteiger partial charge in [-0.2, -0.15) is 0 Å². The fourth-order valence-corrected chi connectivity index (χ4v) is 2.44. The van der Waals surface area contributed by atoms with Crippen molar-refractivity contribution in [3.8, 4) is 5.75 Å². The number of imidazole rings is 1. The van der Waals surface area contributed by atoms with Crippen molar-refractivity contribution in [2.24, 2.45) is 0 Å². The quantitative estimate of drug-likeness (QED) is 0.791. The molecule has 0 saturated carbocycles. The van der Waals surface area contributed by atoms with Crippen LogP contribution in [0.5, 0.6) is 5.75 Å². The van der Waals surface area contributed by atoms with E-state index in [4.69, 9.17) is 4.74 Å². The van der Waals surface area contributed by atoms with Crippen molar-refractivity contribution in [3.05, 3.63) is 59.0 Å². The molecule has 0 aliphatic carbocycles. The average Bonchev–Trinajstić information content (AvgIpc) is 2.89. The second kappa shape index (κ2) is 5.54. The van der Waals surface area contributed by atoms with Gasteiger partial charge in [-0.1, -0.05) is 6.07 Å². The largest absolute Gasteiger partial charge is 0.495 e. The molecule has 102 valence electrons. The van der Waals surface area contributed by atoms with E-state index in [9.17, 15) is 0 Å². The van der Waals surface area contributed by atoms with E-state index in [1.165, 1.54) is 0 Å². The Morgan fingerprint density at radius 1 is 1.30 bits per heavy atom. The lowest BCUT2D eigenvalue weighted by atomic mass is 10.3. The molecule has 1 aromatic carbocycles. The molecule has 0 radical (unpaired) electrons. The van der Waals surface area contributed by atoms with Crippen LogP contribution in [0, 0.1) is 0 Å². The minimum atomic E-state index is 0.673. The molecule has 1 N–H and O–H groups in total. The molecular weight excluding hydrogens is 318 g/mol. The normalized spacial score (nSPS) is 10.7. The summed E-state index contributed by atoms with van der Waals surface area (Å²) in [6.45, 7) is 0.673. The first-order valence-electron chi connectivity index (χ1n) is 6.26. The van der Waals surface area contributed by atoms with Gasteiger partial charge in [0.25, 0.3) is 0 Å². The summed E-state index contributed by atoms with van der Waals surface area (Å²) >= 11 is 3.44. The lowest BCUT2D eigenvalue weighted by molar-refractivity contribution is 0.412. The van der Waals surface area contributed by atoms with E-state index in [-0.39, 0.29) is 0 Å². The van der Waals surface area contributed by atoms with Gasteiger partial charge in [0.1, 0.15) is 11.4 Å². The number of ether oxygens (including phenoxy) is 1. The number of hydrogen-bond donors (Lipinski definition) is 1. The van der Waals surface area contributed by atoms with Gasteiger partial charge in [-0.05, 0) is 40.2 Å². The fraction of sp³-hybridized carbons (Fsp3) is 0.133. The Morgan fingerprint density at radius 2 is 2.20 bits per heavy atom. The third-order valence-electron chi connectivity index (χ3n) is 3.04. The second-order valence-electron chi connectivity index (χ2n) is 4.40. The maximum Gasteiger partial charge on any atom is 0.137 e. The fourth-order valence-electron chi connectivity index (χ4n) is 2.03. The Kier molecular flexibility index (Phi) is 3.60. The van der Waals surface area contributed by atoms with E-state index in [2.05, 4.69) is 26.2 Å². The van der Waals surface area contributed by atoms with Crippen molar-refractivity contribution in [1.82, 2.24) is 9.38 Å². The third kappa shape index (κ3) is 2.63. The van der Waals surface area contributed by atoms with Gasteiger partial charge in [-0.3, -0.25) is 0 Å². The monoisotopic (exact) mass is 331 g/mol. The minimum absolute atomic E-state index is 0.673. The number of anilines is 1. The summed E-state index contributed by atoms with van der Waals surface area (Å²) in [5.74, 6) is 0.810. The van der Waals surface area contributed by atoms with Crippen LogP contribution in [0.25, 0.3) is 5.65 Å². The molecule has 0 saturated heterocycles. The highest BCUT2D eigenvalue weighted by molar-refractivity contribution is 9.10. The van der Waals surface area contributed by atoms with E-state index < -0.39 is 0 Å². The first-order chi connectivity index (χ1) is 9.76. The highest BCUT2D eigenvalue weighted by atomic mass is 79.9. The summed E-state index contributed by atoms with van der Waals surface area (Å²) < 4.78 is 8.24. The molecule has 4 nitrogen and oxygen atoms in total. The summed E-state index contributed by atoms with van der Waals surface area (Å²) in [6, 6.07) is 11.9. The molecule has 2 heterocycles. The predicted octanol–water partition coefficient (Wildman–Crippen LogP) is 3.72. The molecule has 0 aliphatic heterocycles. The lowest BCUT2D eigenvalue weighted by Crippen LogP contribution is -2.00. The molecule has 0 aliphatic rings. The van der Waals surface area contributed by atoms with Crippen LogP contribution < -0.4 is 10.1 Å². The van der Waals surface area contributed by atoms with Crippen LogP contribution >= 0.6 is 15.9 Å². The van der Waals surface area contributed by atoms with Gasteiger partial charge in [-0.25, -0.2) is 4.98 Å². The first kappa shape index (κ1) is 13.0. The summed E-state index contributed by atoms with van der Waals surface area (Å²) in [7, 11) is 1.66. The Morgan fingerprint density at radius 3 is 3.00 bits per heavy atom. The molecule has 0 unspecified atom stereocenters. The zero-order valence-electron chi connectivity index (χ0n) is 11.0. The molecule has 5 heteroatoms. The highest BCUT2D eigenvalue weighted by Gasteiger charge is 2.03. The molecular formula is C15H14BrN3O. The minimum Gasteiger partial charge on any atom is -0.495 e. The zero-order valence-corrected chi connectivity index (χ0v) is 12.6. The van der Waals surface area contributed by atoms with Crippen LogP contribution in [0.1, 0.15) is 5.69 Å². The van der Waals surface area contributed by atoms with Crippen LogP contribution in [0.4, 0.5) is 5.69 Å². The molecule has 0 fully saturated rings. The van der Waals surface area contributed by atoms with Crippen LogP contribution in [0.2, 0.25) is 0 Å². The van der Waals surface area contributed by atoms with E-state index in [1.807, 2.05) is 53.2 Å². The Hall–Kier alpha value is -2.01. The van der Waals surface area contributed by atoms with Crippen molar-refractivity contribution in [2.45, 2.75) is 6.54 Å². The lowest BCUT2D eigenvalue weighted by Gasteiger charge is -2.08. The average molecular weight is 332 g/mol. The zero-order chi connectivity index (χ0) is 13.9. The van der Waals surface area contributed by atoms with Gasteiger partial charge in [-0.15, -0.1) is 0 Å². The molecule has 0 spiro atoms. The van der Waals surface area contributed by atoms with Crippen molar-refractivity contribution < 1.29 is 4.74 Å². The topological polar surface area (TPSA) is 38.6 Å². The number of nitrogens with zero attached hydrogens (tertiary/aromatic N) is 2. The number of fused-ring (bicyclic) bond motifs is 1. The van der Waals surface area contributed by atoms with E-state index in [1.54, 1.807) is 7.11 Å². The number of benzene rings is 1. The summed E-state index contributed by atoms with van der Waals surface area (Å²) in [5, 5.41) is 3.35. The van der Waals surface area contributed by atoms with Crippen LogP contribution in [-0.4, -0.2) is 16.5 Å². The number of halogens is 1. The van der Waals surface area contributed by atoms with Gasteiger partial charge in [0.2, 0.25) is 0 Å². The Bertz CT molecular complexity index is 706. The van der Waals surface area contributed by atoms with Crippen LogP contribution in [0.3, 0.4) is 0 Å². The smallest absolute Gasteiger partial charge is 0.137 e. The second-order valence-corrected chi connectivity index (χ2v) is 5.26. The third-order valence-corrected chi connectivity index (χ3v) is 3.69. The first-order valence-corrected chi connectivity index (χ1v) is 7.05. The molecule has 2 aromatic heterocycles. The van der Waals surface area contributed by atoms with E-state index in [0.717, 1.165) is 27.3 Å². The molecule has 0 atom stereocenters. The summed E-state index contributed by atoms with van der Waals surface area (Å²) in [4.78, 5) is 4.55. The van der Waals surface area contributed by atoms with Gasteiger partial charge in [0.05, 0.1) is 23.8 Å². The molecule has 20 heavy (non-hydrogen) atoms. The highest BCUT2D eigenvalue weighted by Crippen LogP contribution is 2.27. The number of aromatic nitrogens is 2. The Balaban J connectivity index is 1.75. The van der Waals surface area contributed by atoms with Crippen molar-refractivity contribution in [3.63, 3.8) is 0 Å².